The zero-order valence-electron chi connectivity index (χ0n) is 21.1. The van der Waals surface area contributed by atoms with Crippen LogP contribution in [0, 0.1) is 0 Å². The van der Waals surface area contributed by atoms with Gasteiger partial charge in [0.05, 0.1) is 48.1 Å². The first-order valence-corrected chi connectivity index (χ1v) is 12.4. The number of nitrogens with one attached hydrogen (secondary N) is 1. The normalized spacial score (nSPS) is 16.4. The number of carbonyl (C=O) groups is 1. The van der Waals surface area contributed by atoms with Gasteiger partial charge in [-0.15, -0.1) is 0 Å². The lowest BCUT2D eigenvalue weighted by Crippen LogP contribution is -2.12. The molecule has 0 atom stereocenters. The second-order valence-electron chi connectivity index (χ2n) is 9.22. The summed E-state index contributed by atoms with van der Waals surface area (Å²) in [6.07, 6.45) is 10.8. The van der Waals surface area contributed by atoms with Crippen LogP contribution in [0.25, 0.3) is 34.3 Å². The molecule has 2 aliphatic rings. The SMILES string of the molecule is CN1CCCC1.Cn1ncc2c1OCCCOc1cc(C(N)=O)ccc1/C=C/c1n[nH]c3cnc-2cc13. The molecule has 1 amide bonds. The van der Waals surface area contributed by atoms with Crippen LogP contribution in [0.5, 0.6) is 11.6 Å². The largest absolute Gasteiger partial charge is 0.493 e. The van der Waals surface area contributed by atoms with E-state index in [-0.39, 0.29) is 0 Å². The lowest BCUT2D eigenvalue weighted by Gasteiger charge is -2.12. The van der Waals surface area contributed by atoms with Crippen molar-refractivity contribution in [1.29, 1.82) is 0 Å². The molecule has 3 N–H and O–H groups in total. The van der Waals surface area contributed by atoms with E-state index in [4.69, 9.17) is 15.2 Å². The maximum atomic E-state index is 11.6. The molecule has 0 spiro atoms. The number of H-pyrrole nitrogens is 1. The number of aromatic amines is 1. The summed E-state index contributed by atoms with van der Waals surface area (Å²) in [7, 11) is 4.00. The van der Waals surface area contributed by atoms with Crippen molar-refractivity contribution in [2.24, 2.45) is 12.8 Å². The quantitative estimate of drug-likeness (QED) is 0.409. The van der Waals surface area contributed by atoms with E-state index in [1.807, 2.05) is 31.3 Å². The number of carbonyl (C=O) groups excluding carboxylic acids is 1. The van der Waals surface area contributed by atoms with E-state index in [0.717, 1.165) is 33.4 Å². The molecular formula is C27H31N7O3. The van der Waals surface area contributed by atoms with Gasteiger partial charge >= 0.3 is 0 Å². The fraction of sp³-hybridized carbons (Fsp3) is 0.333. The van der Waals surface area contributed by atoms with Crippen LogP contribution in [0.1, 0.15) is 40.9 Å². The minimum Gasteiger partial charge on any atom is -0.493 e. The molecule has 10 heteroatoms. The van der Waals surface area contributed by atoms with Crippen LogP contribution in [-0.2, 0) is 7.05 Å². The number of benzene rings is 1. The van der Waals surface area contributed by atoms with Gasteiger partial charge in [-0.3, -0.25) is 14.9 Å². The third-order valence-corrected chi connectivity index (χ3v) is 6.47. The molecule has 0 aliphatic carbocycles. The van der Waals surface area contributed by atoms with E-state index in [1.54, 1.807) is 29.2 Å². The average molecular weight is 502 g/mol. The number of aryl methyl sites for hydroxylation is 1. The first-order valence-electron chi connectivity index (χ1n) is 12.4. The van der Waals surface area contributed by atoms with Crippen LogP contribution in [-0.4, -0.2) is 69.1 Å². The Morgan fingerprint density at radius 1 is 1.03 bits per heavy atom. The molecule has 4 aromatic rings. The number of amides is 1. The molecule has 0 saturated carbocycles. The monoisotopic (exact) mass is 501 g/mol. The maximum Gasteiger partial charge on any atom is 0.248 e. The standard InChI is InChI=1S/C22H20N6O3.C5H11N/c1-28-22-16(11-25-28)18-10-15-17(26-27-19(15)12-24-18)6-5-13-3-4-14(21(23)29)9-20(13)30-7-2-8-31-22;1-6-4-2-3-5-6/h3-6,9-12H,2,7-8H2,1H3,(H2,23,29)(H,26,27);2-5H2,1H3/b6-5+;. The van der Waals surface area contributed by atoms with E-state index in [1.165, 1.54) is 25.9 Å². The second-order valence-corrected chi connectivity index (χ2v) is 9.22. The highest BCUT2D eigenvalue weighted by molar-refractivity contribution is 5.94. The van der Waals surface area contributed by atoms with Crippen molar-refractivity contribution in [1.82, 2.24) is 29.9 Å². The Hall–Kier alpha value is -4.18. The number of primary amides is 1. The summed E-state index contributed by atoms with van der Waals surface area (Å²) >= 11 is 0. The van der Waals surface area contributed by atoms with Gasteiger partial charge in [-0.25, -0.2) is 4.68 Å². The van der Waals surface area contributed by atoms with Crippen LogP contribution in [0.3, 0.4) is 0 Å². The van der Waals surface area contributed by atoms with Gasteiger partial charge in [-0.05, 0) is 63.3 Å². The van der Waals surface area contributed by atoms with E-state index in [0.29, 0.717) is 36.8 Å². The minimum absolute atomic E-state index is 0.391. The zero-order valence-corrected chi connectivity index (χ0v) is 21.1. The number of hydrogen-bond acceptors (Lipinski definition) is 7. The van der Waals surface area contributed by atoms with Crippen LogP contribution >= 0.6 is 0 Å². The molecule has 2 bridgehead atoms. The first-order chi connectivity index (χ1) is 18.0. The molecule has 192 valence electrons. The van der Waals surface area contributed by atoms with E-state index < -0.39 is 5.91 Å². The predicted molar refractivity (Wildman–Crippen MR) is 142 cm³/mol. The summed E-state index contributed by atoms with van der Waals surface area (Å²) < 4.78 is 13.6. The Morgan fingerprint density at radius 3 is 2.59 bits per heavy atom. The van der Waals surface area contributed by atoms with Crippen LogP contribution in [0.15, 0.2) is 36.7 Å². The van der Waals surface area contributed by atoms with Crippen LogP contribution in [0.2, 0.25) is 0 Å². The van der Waals surface area contributed by atoms with Crippen molar-refractivity contribution in [2.75, 3.05) is 33.4 Å². The molecule has 2 aliphatic heterocycles. The van der Waals surface area contributed by atoms with E-state index in [9.17, 15) is 4.79 Å². The highest BCUT2D eigenvalue weighted by Gasteiger charge is 2.16. The van der Waals surface area contributed by atoms with Crippen molar-refractivity contribution < 1.29 is 14.3 Å². The second kappa shape index (κ2) is 10.8. The number of fused-ring (bicyclic) bond motifs is 4. The topological polar surface area (TPSA) is 124 Å². The van der Waals surface area contributed by atoms with Gasteiger partial charge in [0.1, 0.15) is 5.75 Å². The molecule has 0 radical (unpaired) electrons. The summed E-state index contributed by atoms with van der Waals surface area (Å²) in [5, 5.41) is 12.7. The molecule has 1 fully saturated rings. The predicted octanol–water partition coefficient (Wildman–Crippen LogP) is 3.50. The van der Waals surface area contributed by atoms with Gasteiger partial charge in [0.25, 0.3) is 0 Å². The number of hydrogen-bond donors (Lipinski definition) is 2. The van der Waals surface area contributed by atoms with Gasteiger partial charge in [0, 0.05) is 30.0 Å². The van der Waals surface area contributed by atoms with Gasteiger partial charge in [-0.1, -0.05) is 6.07 Å². The highest BCUT2D eigenvalue weighted by Crippen LogP contribution is 2.31. The fourth-order valence-electron chi connectivity index (χ4n) is 4.39. The first kappa shape index (κ1) is 24.5. The lowest BCUT2D eigenvalue weighted by molar-refractivity contribution is 0.0999. The Balaban J connectivity index is 0.000000412. The van der Waals surface area contributed by atoms with E-state index in [2.05, 4.69) is 32.2 Å². The number of aromatic nitrogens is 5. The molecule has 0 unspecified atom stereocenters. The highest BCUT2D eigenvalue weighted by atomic mass is 16.5. The summed E-state index contributed by atoms with van der Waals surface area (Å²) in [5.41, 5.74) is 9.78. The molecule has 3 aromatic heterocycles. The van der Waals surface area contributed by atoms with Gasteiger partial charge < -0.3 is 20.1 Å². The minimum atomic E-state index is -0.503. The van der Waals surface area contributed by atoms with Crippen LogP contribution in [0.4, 0.5) is 0 Å². The molecule has 5 heterocycles. The Bertz CT molecular complexity index is 1430. The van der Waals surface area contributed by atoms with E-state index >= 15 is 0 Å². The number of likely N-dealkylation sites (tertiary alicyclic amines) is 1. The molecule has 1 aromatic carbocycles. The third-order valence-electron chi connectivity index (χ3n) is 6.47. The fourth-order valence-corrected chi connectivity index (χ4v) is 4.39. The molecule has 37 heavy (non-hydrogen) atoms. The van der Waals surface area contributed by atoms with Crippen molar-refractivity contribution in [3.63, 3.8) is 0 Å². The van der Waals surface area contributed by atoms with Crippen molar-refractivity contribution >= 4 is 29.0 Å². The Labute approximate surface area is 215 Å². The molecule has 1 saturated heterocycles. The summed E-state index contributed by atoms with van der Waals surface area (Å²) in [6.45, 7) is 3.49. The van der Waals surface area contributed by atoms with Crippen molar-refractivity contribution in [2.45, 2.75) is 19.3 Å². The Kier molecular flexibility index (Phi) is 7.18. The summed E-state index contributed by atoms with van der Waals surface area (Å²) in [6, 6.07) is 7.12. The summed E-state index contributed by atoms with van der Waals surface area (Å²) in [5.74, 6) is 0.709. The Morgan fingerprint density at radius 2 is 1.84 bits per heavy atom. The maximum absolute atomic E-state index is 11.6. The smallest absolute Gasteiger partial charge is 0.248 e. The average Bonchev–Trinajstić information content (AvgIpc) is 3.63. The number of nitrogens with two attached hydrogens (primary N) is 1. The number of nitrogens with zero attached hydrogens (tertiary/aromatic N) is 5. The lowest BCUT2D eigenvalue weighted by atomic mass is 10.1. The third kappa shape index (κ3) is 5.49. The zero-order chi connectivity index (χ0) is 25.8. The number of pyridine rings is 1. The number of ether oxygens (including phenoxy) is 2. The van der Waals surface area contributed by atoms with Crippen molar-refractivity contribution in [3.8, 4) is 22.9 Å². The summed E-state index contributed by atoms with van der Waals surface area (Å²) in [4.78, 5) is 18.5. The van der Waals surface area contributed by atoms with Gasteiger partial charge in [0.15, 0.2) is 0 Å². The number of rotatable bonds is 1. The van der Waals surface area contributed by atoms with Gasteiger partial charge in [0.2, 0.25) is 11.8 Å². The van der Waals surface area contributed by atoms with Gasteiger partial charge in [-0.2, -0.15) is 10.2 Å². The molecule has 10 nitrogen and oxygen atoms in total. The molecular weight excluding hydrogens is 470 g/mol. The van der Waals surface area contributed by atoms with Crippen molar-refractivity contribution in [3.05, 3.63) is 53.5 Å². The van der Waals surface area contributed by atoms with Crippen LogP contribution < -0.4 is 15.2 Å². The molecule has 6 rings (SSSR count).